The Hall–Kier alpha value is -11.9. The first kappa shape index (κ1) is 49.5. The minimum absolute atomic E-state index is 0.521. The molecule has 18 rings (SSSR count). The van der Waals surface area contributed by atoms with E-state index in [1.807, 2.05) is 0 Å². The molecule has 3 aromatic heterocycles. The van der Waals surface area contributed by atoms with Gasteiger partial charge in [0.15, 0.2) is 5.82 Å². The Balaban J connectivity index is 0.997. The Kier molecular flexibility index (Phi) is 11.2. The van der Waals surface area contributed by atoms with Crippen molar-refractivity contribution in [2.45, 2.75) is 6.54 Å². The number of hydrogen-bond donors (Lipinski definition) is 0. The van der Waals surface area contributed by atoms with Crippen molar-refractivity contribution in [2.24, 2.45) is 0 Å². The minimum atomic E-state index is 0.521. The fourth-order valence-electron chi connectivity index (χ4n) is 14.0. The van der Waals surface area contributed by atoms with Crippen molar-refractivity contribution in [3.8, 4) is 44.8 Å². The number of aromatic nitrogens is 3. The van der Waals surface area contributed by atoms with Crippen LogP contribution in [0.1, 0.15) is 5.56 Å². The van der Waals surface area contributed by atoms with Crippen molar-refractivity contribution >= 4 is 122 Å². The molecule has 1 aliphatic heterocycles. The topological polar surface area (TPSA) is 74.7 Å². The molecule has 88 heavy (non-hydrogen) atoms. The highest BCUT2D eigenvalue weighted by atomic mass is 16.3. The van der Waals surface area contributed by atoms with E-state index in [2.05, 4.69) is 299 Å². The van der Waals surface area contributed by atoms with Gasteiger partial charge in [0.05, 0.1) is 22.6 Å². The minimum Gasteiger partial charge on any atom is -0.456 e. The van der Waals surface area contributed by atoms with Crippen LogP contribution in [0.5, 0.6) is 0 Å². The van der Waals surface area contributed by atoms with Crippen molar-refractivity contribution < 1.29 is 8.83 Å². The molecule has 0 spiro atoms. The molecule has 0 atom stereocenters. The molecule has 14 aromatic carbocycles. The number of furan rings is 2. The van der Waals surface area contributed by atoms with E-state index in [4.69, 9.17) is 18.8 Å². The molecule has 0 saturated carbocycles. The predicted octanol–water partition coefficient (Wildman–Crippen LogP) is 21.8. The zero-order chi connectivity index (χ0) is 57.8. The Morgan fingerprint density at radius 2 is 0.886 bits per heavy atom. The molecular formula is C80H50N6O2. The molecule has 412 valence electrons. The lowest BCUT2D eigenvalue weighted by Gasteiger charge is -2.34. The SMILES string of the molecule is c1ccc(-c2cc(N(c3ccccc3)c3cc4oc5cc(N6Cc7c(-c8ccccc8)cccc7-c7ccccc76)cc6c7ccc(-c8ncncn8)c8oc9cc(N(c%10ccccc%10)c%10ccccc%10)cc(c(c3)c4c56)c9c87)c3ccccc3c2)cc1. The van der Waals surface area contributed by atoms with E-state index in [0.717, 1.165) is 133 Å². The molecule has 8 heteroatoms. The van der Waals surface area contributed by atoms with Crippen LogP contribution in [0.3, 0.4) is 0 Å². The van der Waals surface area contributed by atoms with Gasteiger partial charge >= 0.3 is 0 Å². The van der Waals surface area contributed by atoms with Gasteiger partial charge in [-0.2, -0.15) is 0 Å². The van der Waals surface area contributed by atoms with Crippen LogP contribution >= 0.6 is 0 Å². The van der Waals surface area contributed by atoms with Crippen molar-refractivity contribution in [3.63, 3.8) is 0 Å². The van der Waals surface area contributed by atoms with Crippen LogP contribution in [0.15, 0.2) is 301 Å². The monoisotopic (exact) mass is 1130 g/mol. The first-order chi connectivity index (χ1) is 43.6. The van der Waals surface area contributed by atoms with Crippen LogP contribution in [0.25, 0.3) is 121 Å². The molecule has 0 N–H and O–H groups in total. The number of hydrogen-bond acceptors (Lipinski definition) is 8. The molecule has 0 aliphatic carbocycles. The van der Waals surface area contributed by atoms with Gasteiger partial charge in [0.1, 0.15) is 35.0 Å². The Bertz CT molecular complexity index is 5490. The van der Waals surface area contributed by atoms with Gasteiger partial charge in [-0.25, -0.2) is 15.0 Å². The maximum Gasteiger partial charge on any atom is 0.166 e. The second-order valence-corrected chi connectivity index (χ2v) is 22.7. The summed E-state index contributed by atoms with van der Waals surface area (Å²) in [6, 6.07) is 100. The van der Waals surface area contributed by atoms with Gasteiger partial charge in [-0.1, -0.05) is 182 Å². The second-order valence-electron chi connectivity index (χ2n) is 22.7. The van der Waals surface area contributed by atoms with Crippen LogP contribution in [0.2, 0.25) is 0 Å². The van der Waals surface area contributed by atoms with Gasteiger partial charge in [-0.15, -0.1) is 0 Å². The Labute approximate surface area is 506 Å². The van der Waals surface area contributed by atoms with Crippen molar-refractivity contribution in [1.82, 2.24) is 15.0 Å². The molecule has 0 bridgehead atoms. The van der Waals surface area contributed by atoms with Gasteiger partial charge in [0.2, 0.25) is 0 Å². The number of fused-ring (bicyclic) bond motifs is 6. The number of rotatable bonds is 10. The molecule has 17 aromatic rings. The van der Waals surface area contributed by atoms with Crippen molar-refractivity contribution in [3.05, 3.63) is 297 Å². The summed E-state index contributed by atoms with van der Waals surface area (Å²) in [6.45, 7) is 0.634. The largest absolute Gasteiger partial charge is 0.456 e. The fourth-order valence-corrected chi connectivity index (χ4v) is 14.0. The summed E-state index contributed by atoms with van der Waals surface area (Å²) in [5.41, 5.74) is 20.1. The molecule has 8 nitrogen and oxygen atoms in total. The zero-order valence-corrected chi connectivity index (χ0v) is 47.4. The van der Waals surface area contributed by atoms with E-state index in [0.29, 0.717) is 18.0 Å². The van der Waals surface area contributed by atoms with Crippen LogP contribution in [-0.2, 0) is 6.54 Å². The summed E-state index contributed by atoms with van der Waals surface area (Å²) in [6.07, 6.45) is 3.11. The van der Waals surface area contributed by atoms with Gasteiger partial charge in [-0.05, 0) is 139 Å². The van der Waals surface area contributed by atoms with Crippen molar-refractivity contribution in [1.29, 1.82) is 0 Å². The summed E-state index contributed by atoms with van der Waals surface area (Å²) < 4.78 is 15.2. The van der Waals surface area contributed by atoms with Gasteiger partial charge < -0.3 is 23.5 Å². The number of anilines is 8. The standard InChI is InChI=1S/C80H50N6O2/c1-6-21-50(22-7-1)53-39-52-25-16-17-32-61(52)71(40-53)86(56-30-14-5-15-31-56)59-43-67-68-42-58(85(54-26-10-3-11-27-54)55-28-12-4-13-29-55)45-74-77(68)78-64(37-38-65(79(78)88-74)80-82-48-81-49-83-80)66-41-57(44-72-75(66)76(67)73(46-59)87-72)84-47-69-60(51-23-8-2-9-24-51)34-20-35-62(69)63-33-18-19-36-70(63)84/h1-46,48-49H,47H2. The highest BCUT2D eigenvalue weighted by Gasteiger charge is 2.31. The third kappa shape index (κ3) is 7.82. The van der Waals surface area contributed by atoms with E-state index in [1.165, 1.54) is 27.8 Å². The highest BCUT2D eigenvalue weighted by Crippen LogP contribution is 2.54. The lowest BCUT2D eigenvalue weighted by molar-refractivity contribution is 0.669. The Morgan fingerprint density at radius 1 is 0.341 bits per heavy atom. The third-order valence-electron chi connectivity index (χ3n) is 17.8. The smallest absolute Gasteiger partial charge is 0.166 e. The highest BCUT2D eigenvalue weighted by molar-refractivity contribution is 6.38. The number of benzene rings is 13. The zero-order valence-electron chi connectivity index (χ0n) is 47.4. The Morgan fingerprint density at radius 3 is 1.59 bits per heavy atom. The van der Waals surface area contributed by atoms with Crippen molar-refractivity contribution in [2.75, 3.05) is 14.7 Å². The molecule has 0 fully saturated rings. The maximum absolute atomic E-state index is 7.65. The second kappa shape index (κ2) is 19.9. The normalized spacial score (nSPS) is 12.2. The van der Waals surface area contributed by atoms with E-state index < -0.39 is 0 Å². The van der Waals surface area contributed by atoms with E-state index >= 15 is 0 Å². The lowest BCUT2D eigenvalue weighted by atomic mass is 9.87. The van der Waals surface area contributed by atoms with E-state index in [9.17, 15) is 0 Å². The summed E-state index contributed by atoms with van der Waals surface area (Å²) in [4.78, 5) is 21.0. The summed E-state index contributed by atoms with van der Waals surface area (Å²) in [5.74, 6) is 0.521. The molecule has 0 radical (unpaired) electrons. The fraction of sp³-hybridized carbons (Fsp3) is 0.0125. The van der Waals surface area contributed by atoms with Crippen LogP contribution in [0, 0.1) is 0 Å². The van der Waals surface area contributed by atoms with E-state index in [-0.39, 0.29) is 0 Å². The first-order valence-electron chi connectivity index (χ1n) is 29.7. The van der Waals surface area contributed by atoms with E-state index in [1.54, 1.807) is 12.7 Å². The molecule has 4 heterocycles. The third-order valence-corrected chi connectivity index (χ3v) is 17.8. The summed E-state index contributed by atoms with van der Waals surface area (Å²) in [5, 5.41) is 10.2. The summed E-state index contributed by atoms with van der Waals surface area (Å²) in [7, 11) is 0. The number of nitrogens with zero attached hydrogens (tertiary/aromatic N) is 6. The van der Waals surface area contributed by atoms with Crippen LogP contribution in [-0.4, -0.2) is 15.0 Å². The lowest BCUT2D eigenvalue weighted by Crippen LogP contribution is -2.22. The molecule has 0 unspecified atom stereocenters. The average Bonchev–Trinajstić information content (AvgIpc) is 1.51. The number of para-hydroxylation sites is 4. The first-order valence-corrected chi connectivity index (χ1v) is 29.7. The molecular weight excluding hydrogens is 1080 g/mol. The average molecular weight is 1130 g/mol. The molecule has 1 aliphatic rings. The van der Waals surface area contributed by atoms with Crippen LogP contribution in [0.4, 0.5) is 45.5 Å². The molecule has 0 amide bonds. The van der Waals surface area contributed by atoms with Crippen LogP contribution < -0.4 is 14.7 Å². The maximum atomic E-state index is 7.65. The predicted molar refractivity (Wildman–Crippen MR) is 361 cm³/mol. The van der Waals surface area contributed by atoms with Gasteiger partial charge in [0, 0.05) is 85.7 Å². The van der Waals surface area contributed by atoms with Gasteiger partial charge in [0.25, 0.3) is 0 Å². The molecule has 0 saturated heterocycles. The van der Waals surface area contributed by atoms with Gasteiger partial charge in [-0.3, -0.25) is 0 Å². The quantitative estimate of drug-likeness (QED) is 0.134. The summed E-state index contributed by atoms with van der Waals surface area (Å²) >= 11 is 0.